The highest BCUT2D eigenvalue weighted by Gasteiger charge is 2.16. The van der Waals surface area contributed by atoms with Crippen LogP contribution in [-0.2, 0) is 10.0 Å². The zero-order valence-electron chi connectivity index (χ0n) is 14.5. The van der Waals surface area contributed by atoms with Gasteiger partial charge in [-0.25, -0.2) is 8.42 Å². The Morgan fingerprint density at radius 2 is 1.96 bits per heavy atom. The standard InChI is InChI=1S/C18H20ClN3O2S2/c1-12(2)11-20-18(25)21-17-10-16(8-7-13(17)3)26(23,24)22-15-6-4-5-14(19)9-15/h4-10,22H,1,11H2,2-3H3,(H2,20,21,25). The second kappa shape index (κ2) is 8.53. The maximum absolute atomic E-state index is 12.6. The largest absolute Gasteiger partial charge is 0.359 e. The number of hydrogen-bond donors (Lipinski definition) is 3. The number of thiocarbonyl (C=S) groups is 1. The Labute approximate surface area is 164 Å². The van der Waals surface area contributed by atoms with E-state index in [0.29, 0.717) is 28.1 Å². The first-order valence-corrected chi connectivity index (χ1v) is 10.0. The minimum atomic E-state index is -3.76. The Bertz CT molecular complexity index is 943. The van der Waals surface area contributed by atoms with Crippen LogP contribution in [0.1, 0.15) is 12.5 Å². The highest BCUT2D eigenvalue weighted by molar-refractivity contribution is 7.92. The van der Waals surface area contributed by atoms with Crippen LogP contribution in [0.25, 0.3) is 0 Å². The molecule has 0 fully saturated rings. The third-order valence-corrected chi connectivity index (χ3v) is 5.26. The lowest BCUT2D eigenvalue weighted by Crippen LogP contribution is -2.30. The van der Waals surface area contributed by atoms with Crippen molar-refractivity contribution in [3.63, 3.8) is 0 Å². The van der Waals surface area contributed by atoms with E-state index in [9.17, 15) is 8.42 Å². The SMILES string of the molecule is C=C(C)CNC(=S)Nc1cc(S(=O)(=O)Nc2cccc(Cl)c2)ccc1C. The van der Waals surface area contributed by atoms with E-state index in [1.807, 2.05) is 13.8 Å². The minimum Gasteiger partial charge on any atom is -0.359 e. The summed E-state index contributed by atoms with van der Waals surface area (Å²) in [6, 6.07) is 11.3. The first-order valence-electron chi connectivity index (χ1n) is 7.75. The van der Waals surface area contributed by atoms with Gasteiger partial charge in [0, 0.05) is 17.3 Å². The number of rotatable bonds is 6. The van der Waals surface area contributed by atoms with Gasteiger partial charge in [-0.05, 0) is 62.0 Å². The van der Waals surface area contributed by atoms with Crippen LogP contribution < -0.4 is 15.4 Å². The molecule has 2 aromatic carbocycles. The molecule has 0 spiro atoms. The van der Waals surface area contributed by atoms with Crippen LogP contribution in [0.3, 0.4) is 0 Å². The molecule has 0 atom stereocenters. The Balaban J connectivity index is 2.21. The molecule has 26 heavy (non-hydrogen) atoms. The van der Waals surface area contributed by atoms with Crippen LogP contribution in [0.15, 0.2) is 59.5 Å². The fourth-order valence-corrected chi connectivity index (χ4v) is 3.51. The molecule has 2 rings (SSSR count). The van der Waals surface area contributed by atoms with Crippen molar-refractivity contribution in [3.8, 4) is 0 Å². The molecule has 2 aromatic rings. The van der Waals surface area contributed by atoms with Gasteiger partial charge in [0.05, 0.1) is 10.6 Å². The quantitative estimate of drug-likeness (QED) is 0.489. The van der Waals surface area contributed by atoms with Gasteiger partial charge in [-0.2, -0.15) is 0 Å². The molecule has 3 N–H and O–H groups in total. The summed E-state index contributed by atoms with van der Waals surface area (Å²) < 4.78 is 27.8. The molecule has 0 aliphatic rings. The molecule has 0 aliphatic carbocycles. The lowest BCUT2D eigenvalue weighted by Gasteiger charge is -2.14. The van der Waals surface area contributed by atoms with Crippen LogP contribution in [-0.4, -0.2) is 20.1 Å². The van der Waals surface area contributed by atoms with Gasteiger partial charge in [0.2, 0.25) is 0 Å². The number of aryl methyl sites for hydroxylation is 1. The van der Waals surface area contributed by atoms with Gasteiger partial charge in [-0.15, -0.1) is 0 Å². The average Bonchev–Trinajstić information content (AvgIpc) is 2.54. The summed E-state index contributed by atoms with van der Waals surface area (Å²) in [7, 11) is -3.76. The molecule has 5 nitrogen and oxygen atoms in total. The fraction of sp³-hybridized carbons (Fsp3) is 0.167. The lowest BCUT2D eigenvalue weighted by atomic mass is 10.2. The fourth-order valence-electron chi connectivity index (χ4n) is 2.07. The van der Waals surface area contributed by atoms with Gasteiger partial charge in [0.1, 0.15) is 0 Å². The first kappa shape index (κ1) is 20.2. The molecule has 0 heterocycles. The van der Waals surface area contributed by atoms with Crippen LogP contribution >= 0.6 is 23.8 Å². The molecular formula is C18H20ClN3O2S2. The van der Waals surface area contributed by atoms with E-state index >= 15 is 0 Å². The zero-order valence-corrected chi connectivity index (χ0v) is 16.9. The summed E-state index contributed by atoms with van der Waals surface area (Å²) in [4.78, 5) is 0.119. The molecule has 0 aliphatic heterocycles. The number of anilines is 2. The van der Waals surface area contributed by atoms with Gasteiger partial charge < -0.3 is 10.6 Å². The van der Waals surface area contributed by atoms with E-state index in [1.54, 1.807) is 30.3 Å². The van der Waals surface area contributed by atoms with Crippen molar-refractivity contribution in [2.24, 2.45) is 0 Å². The van der Waals surface area contributed by atoms with Gasteiger partial charge in [0.25, 0.3) is 10.0 Å². The number of hydrogen-bond acceptors (Lipinski definition) is 3. The summed E-state index contributed by atoms with van der Waals surface area (Å²) in [6.45, 7) is 8.09. The highest BCUT2D eigenvalue weighted by Crippen LogP contribution is 2.23. The van der Waals surface area contributed by atoms with Crippen molar-refractivity contribution in [2.45, 2.75) is 18.7 Å². The van der Waals surface area contributed by atoms with Crippen LogP contribution in [0.5, 0.6) is 0 Å². The van der Waals surface area contributed by atoms with Crippen LogP contribution in [0, 0.1) is 6.92 Å². The van der Waals surface area contributed by atoms with Crippen LogP contribution in [0.2, 0.25) is 5.02 Å². The number of sulfonamides is 1. The molecule has 0 saturated carbocycles. The predicted octanol–water partition coefficient (Wildman–Crippen LogP) is 4.31. The van der Waals surface area contributed by atoms with Crippen molar-refractivity contribution in [2.75, 3.05) is 16.6 Å². The van der Waals surface area contributed by atoms with E-state index < -0.39 is 10.0 Å². The summed E-state index contributed by atoms with van der Waals surface area (Å²) in [6.07, 6.45) is 0. The minimum absolute atomic E-state index is 0.119. The Morgan fingerprint density at radius 1 is 1.23 bits per heavy atom. The van der Waals surface area contributed by atoms with Gasteiger partial charge in [0.15, 0.2) is 5.11 Å². The van der Waals surface area contributed by atoms with Crippen molar-refractivity contribution in [3.05, 3.63) is 65.2 Å². The molecule has 0 aromatic heterocycles. The topological polar surface area (TPSA) is 70.2 Å². The Kier molecular flexibility index (Phi) is 6.63. The molecule has 0 bridgehead atoms. The molecule has 138 valence electrons. The molecule has 0 saturated heterocycles. The maximum atomic E-state index is 12.6. The zero-order chi connectivity index (χ0) is 19.3. The summed E-state index contributed by atoms with van der Waals surface area (Å²) in [5.74, 6) is 0. The lowest BCUT2D eigenvalue weighted by molar-refractivity contribution is 0.601. The average molecular weight is 410 g/mol. The first-order chi connectivity index (χ1) is 12.2. The van der Waals surface area contributed by atoms with Gasteiger partial charge >= 0.3 is 0 Å². The number of nitrogens with one attached hydrogen (secondary N) is 3. The van der Waals surface area contributed by atoms with E-state index in [4.69, 9.17) is 23.8 Å². The summed E-state index contributed by atoms with van der Waals surface area (Å²) >= 11 is 11.1. The molecule has 0 amide bonds. The third kappa shape index (κ3) is 5.72. The van der Waals surface area contributed by atoms with Gasteiger partial charge in [-0.3, -0.25) is 4.72 Å². The van der Waals surface area contributed by atoms with Crippen molar-refractivity contribution >= 4 is 50.3 Å². The Hall–Kier alpha value is -2.09. The van der Waals surface area contributed by atoms with Gasteiger partial charge in [-0.1, -0.05) is 35.9 Å². The third-order valence-electron chi connectivity index (χ3n) is 3.40. The van der Waals surface area contributed by atoms with E-state index in [2.05, 4.69) is 21.9 Å². The number of benzene rings is 2. The van der Waals surface area contributed by atoms with E-state index in [-0.39, 0.29) is 4.90 Å². The smallest absolute Gasteiger partial charge is 0.261 e. The maximum Gasteiger partial charge on any atom is 0.261 e. The normalized spacial score (nSPS) is 10.9. The molecular weight excluding hydrogens is 390 g/mol. The Morgan fingerprint density at radius 3 is 2.62 bits per heavy atom. The highest BCUT2D eigenvalue weighted by atomic mass is 35.5. The molecule has 0 radical (unpaired) electrons. The van der Waals surface area contributed by atoms with Crippen LogP contribution in [0.4, 0.5) is 11.4 Å². The van der Waals surface area contributed by atoms with E-state index in [1.165, 1.54) is 12.1 Å². The molecule has 8 heteroatoms. The van der Waals surface area contributed by atoms with Crippen molar-refractivity contribution in [1.29, 1.82) is 0 Å². The summed E-state index contributed by atoms with van der Waals surface area (Å²) in [5.41, 5.74) is 2.81. The van der Waals surface area contributed by atoms with Crippen molar-refractivity contribution < 1.29 is 8.42 Å². The predicted molar refractivity (Wildman–Crippen MR) is 112 cm³/mol. The number of halogens is 1. The van der Waals surface area contributed by atoms with Crippen molar-refractivity contribution in [1.82, 2.24) is 5.32 Å². The molecule has 0 unspecified atom stereocenters. The monoisotopic (exact) mass is 409 g/mol. The summed E-state index contributed by atoms with van der Waals surface area (Å²) in [5, 5.41) is 6.87. The van der Waals surface area contributed by atoms with E-state index in [0.717, 1.165) is 11.1 Å². The second-order valence-electron chi connectivity index (χ2n) is 5.86. The second-order valence-corrected chi connectivity index (χ2v) is 8.38.